The molecule has 2 aromatic heterocycles. The van der Waals surface area contributed by atoms with Crippen LogP contribution in [0.5, 0.6) is 0 Å². The number of anilines is 1. The Labute approximate surface area is 136 Å². The standard InChI is InChI=1S/C14H13Cl2N3OS/c1-2-5-19(8-10-3-4-12(15)21-10)14(20)11-6-9(17)7-18-13(11)16/h2-4,6-7H,1,5,8,17H2. The number of nitrogens with two attached hydrogens (primary N) is 1. The second-order valence-corrected chi connectivity index (χ2v) is 6.44. The highest BCUT2D eigenvalue weighted by Crippen LogP contribution is 2.24. The molecule has 110 valence electrons. The van der Waals surface area contributed by atoms with Gasteiger partial charge >= 0.3 is 0 Å². The Morgan fingerprint density at radius 2 is 2.24 bits per heavy atom. The zero-order valence-electron chi connectivity index (χ0n) is 11.1. The van der Waals surface area contributed by atoms with Crippen LogP contribution in [0, 0.1) is 0 Å². The van der Waals surface area contributed by atoms with Gasteiger partial charge in [0.05, 0.1) is 28.3 Å². The summed E-state index contributed by atoms with van der Waals surface area (Å²) in [6, 6.07) is 5.21. The van der Waals surface area contributed by atoms with Gasteiger partial charge < -0.3 is 10.6 Å². The number of carbonyl (C=O) groups excluding carboxylic acids is 1. The van der Waals surface area contributed by atoms with Gasteiger partial charge in [-0.3, -0.25) is 4.79 Å². The largest absolute Gasteiger partial charge is 0.397 e. The number of hydrogen-bond acceptors (Lipinski definition) is 4. The summed E-state index contributed by atoms with van der Waals surface area (Å²) in [4.78, 5) is 19.1. The van der Waals surface area contributed by atoms with Crippen LogP contribution in [0.4, 0.5) is 5.69 Å². The van der Waals surface area contributed by atoms with E-state index in [0.717, 1.165) is 4.88 Å². The summed E-state index contributed by atoms with van der Waals surface area (Å²) in [5, 5.41) is 0.132. The molecule has 0 saturated heterocycles. The molecule has 0 atom stereocenters. The molecular formula is C14H13Cl2N3OS. The van der Waals surface area contributed by atoms with Crippen molar-refractivity contribution in [1.29, 1.82) is 0 Å². The Morgan fingerprint density at radius 1 is 1.48 bits per heavy atom. The number of nitrogens with zero attached hydrogens (tertiary/aromatic N) is 2. The molecule has 2 rings (SSSR count). The van der Waals surface area contributed by atoms with Crippen LogP contribution < -0.4 is 5.73 Å². The van der Waals surface area contributed by atoms with Gasteiger partial charge in [-0.1, -0.05) is 29.3 Å². The third kappa shape index (κ3) is 3.97. The molecule has 0 saturated carbocycles. The van der Waals surface area contributed by atoms with E-state index in [-0.39, 0.29) is 16.6 Å². The average molecular weight is 342 g/mol. The number of halogens is 2. The fraction of sp³-hybridized carbons (Fsp3) is 0.143. The minimum Gasteiger partial charge on any atom is -0.397 e. The Kier molecular flexibility index (Phi) is 5.22. The summed E-state index contributed by atoms with van der Waals surface area (Å²) in [7, 11) is 0. The predicted octanol–water partition coefficient (Wildman–Crippen LogP) is 3.86. The third-order valence-electron chi connectivity index (χ3n) is 2.70. The molecule has 2 heterocycles. The van der Waals surface area contributed by atoms with Gasteiger partial charge in [0, 0.05) is 11.4 Å². The van der Waals surface area contributed by atoms with E-state index in [1.54, 1.807) is 17.0 Å². The van der Waals surface area contributed by atoms with Crippen molar-refractivity contribution in [1.82, 2.24) is 9.88 Å². The van der Waals surface area contributed by atoms with E-state index in [9.17, 15) is 4.79 Å². The molecule has 0 spiro atoms. The monoisotopic (exact) mass is 341 g/mol. The van der Waals surface area contributed by atoms with E-state index in [0.29, 0.717) is 23.1 Å². The first kappa shape index (κ1) is 15.8. The summed E-state index contributed by atoms with van der Waals surface area (Å²) in [5.41, 5.74) is 6.34. The number of pyridine rings is 1. The molecule has 0 fully saturated rings. The summed E-state index contributed by atoms with van der Waals surface area (Å²) in [6.07, 6.45) is 3.07. The first-order chi connectivity index (χ1) is 10.0. The Hall–Kier alpha value is -1.56. The zero-order valence-corrected chi connectivity index (χ0v) is 13.4. The maximum atomic E-state index is 12.6. The molecule has 0 bridgehead atoms. The molecule has 0 aliphatic heterocycles. The van der Waals surface area contributed by atoms with Gasteiger partial charge in [-0.05, 0) is 18.2 Å². The minimum atomic E-state index is -0.246. The van der Waals surface area contributed by atoms with Crippen molar-refractivity contribution in [3.8, 4) is 0 Å². The van der Waals surface area contributed by atoms with Crippen molar-refractivity contribution >= 4 is 46.1 Å². The molecule has 0 aliphatic rings. The lowest BCUT2D eigenvalue weighted by Gasteiger charge is -2.21. The number of thiophene rings is 1. The van der Waals surface area contributed by atoms with Crippen LogP contribution in [0.15, 0.2) is 37.1 Å². The fourth-order valence-electron chi connectivity index (χ4n) is 1.78. The summed E-state index contributed by atoms with van der Waals surface area (Å²) in [6.45, 7) is 4.49. The molecule has 0 unspecified atom stereocenters. The van der Waals surface area contributed by atoms with Gasteiger partial charge in [-0.15, -0.1) is 17.9 Å². The summed E-state index contributed by atoms with van der Waals surface area (Å²) < 4.78 is 0.680. The van der Waals surface area contributed by atoms with Crippen molar-refractivity contribution < 1.29 is 4.79 Å². The third-order valence-corrected chi connectivity index (χ3v) is 4.22. The Bertz CT molecular complexity index is 672. The second kappa shape index (κ2) is 6.93. The van der Waals surface area contributed by atoms with Gasteiger partial charge in [0.25, 0.3) is 5.91 Å². The first-order valence-corrected chi connectivity index (χ1v) is 7.64. The minimum absolute atomic E-state index is 0.132. The number of amides is 1. The highest BCUT2D eigenvalue weighted by Gasteiger charge is 2.19. The van der Waals surface area contributed by atoms with Gasteiger partial charge in [0.2, 0.25) is 0 Å². The zero-order chi connectivity index (χ0) is 15.4. The van der Waals surface area contributed by atoms with Gasteiger partial charge in [-0.25, -0.2) is 4.98 Å². The quantitative estimate of drug-likeness (QED) is 0.663. The highest BCUT2D eigenvalue weighted by molar-refractivity contribution is 7.16. The van der Waals surface area contributed by atoms with Crippen molar-refractivity contribution in [3.63, 3.8) is 0 Å². The van der Waals surface area contributed by atoms with E-state index < -0.39 is 0 Å². The molecule has 2 aromatic rings. The second-order valence-electron chi connectivity index (χ2n) is 4.29. The van der Waals surface area contributed by atoms with Crippen molar-refractivity contribution in [2.45, 2.75) is 6.54 Å². The lowest BCUT2D eigenvalue weighted by atomic mass is 10.2. The molecular weight excluding hydrogens is 329 g/mol. The highest BCUT2D eigenvalue weighted by atomic mass is 35.5. The number of rotatable bonds is 5. The summed E-state index contributed by atoms with van der Waals surface area (Å²) >= 11 is 13.3. The first-order valence-electron chi connectivity index (χ1n) is 6.06. The van der Waals surface area contributed by atoms with Gasteiger partial charge in [0.15, 0.2) is 0 Å². The smallest absolute Gasteiger partial charge is 0.257 e. The molecule has 1 amide bonds. The molecule has 0 aliphatic carbocycles. The van der Waals surface area contributed by atoms with E-state index in [1.807, 2.05) is 6.07 Å². The fourth-order valence-corrected chi connectivity index (χ4v) is 3.07. The summed E-state index contributed by atoms with van der Waals surface area (Å²) in [5.74, 6) is -0.246. The number of aromatic nitrogens is 1. The van der Waals surface area contributed by atoms with E-state index >= 15 is 0 Å². The lowest BCUT2D eigenvalue weighted by Crippen LogP contribution is -2.30. The molecule has 4 nitrogen and oxygen atoms in total. The lowest BCUT2D eigenvalue weighted by molar-refractivity contribution is 0.0764. The van der Waals surface area contributed by atoms with Gasteiger partial charge in [-0.2, -0.15) is 0 Å². The predicted molar refractivity (Wildman–Crippen MR) is 87.9 cm³/mol. The van der Waals surface area contributed by atoms with Crippen LogP contribution in [0.25, 0.3) is 0 Å². The SMILES string of the molecule is C=CCN(Cc1ccc(Cl)s1)C(=O)c1cc(N)cnc1Cl. The van der Waals surface area contributed by atoms with Crippen LogP contribution >= 0.6 is 34.5 Å². The number of nitrogen functional groups attached to an aromatic ring is 1. The van der Waals surface area contributed by atoms with Crippen molar-refractivity contribution in [3.05, 3.63) is 57.0 Å². The molecule has 0 radical (unpaired) electrons. The topological polar surface area (TPSA) is 59.2 Å². The molecule has 0 aromatic carbocycles. The van der Waals surface area contributed by atoms with E-state index in [4.69, 9.17) is 28.9 Å². The van der Waals surface area contributed by atoms with Crippen LogP contribution in [0.3, 0.4) is 0 Å². The van der Waals surface area contributed by atoms with Crippen LogP contribution in [0.1, 0.15) is 15.2 Å². The van der Waals surface area contributed by atoms with E-state index in [2.05, 4.69) is 11.6 Å². The van der Waals surface area contributed by atoms with Gasteiger partial charge in [0.1, 0.15) is 5.15 Å². The van der Waals surface area contributed by atoms with Crippen molar-refractivity contribution in [2.75, 3.05) is 12.3 Å². The molecule has 7 heteroatoms. The molecule has 21 heavy (non-hydrogen) atoms. The Morgan fingerprint density at radius 3 is 2.86 bits per heavy atom. The van der Waals surface area contributed by atoms with Crippen LogP contribution in [-0.4, -0.2) is 22.3 Å². The number of carbonyl (C=O) groups is 1. The Balaban J connectivity index is 2.26. The normalized spacial score (nSPS) is 10.4. The van der Waals surface area contributed by atoms with E-state index in [1.165, 1.54) is 23.6 Å². The molecule has 2 N–H and O–H groups in total. The maximum absolute atomic E-state index is 12.6. The van der Waals surface area contributed by atoms with Crippen LogP contribution in [0.2, 0.25) is 9.49 Å². The van der Waals surface area contributed by atoms with Crippen molar-refractivity contribution in [2.24, 2.45) is 0 Å². The average Bonchev–Trinajstić information content (AvgIpc) is 2.86. The maximum Gasteiger partial charge on any atom is 0.257 e. The van der Waals surface area contributed by atoms with Crippen LogP contribution in [-0.2, 0) is 6.54 Å². The number of hydrogen-bond donors (Lipinski definition) is 1.